The van der Waals surface area contributed by atoms with Gasteiger partial charge in [-0.1, -0.05) is 13.8 Å². The SMILES string of the molecule is CC(O)CN=C(I)C(C)C. The molecule has 0 aliphatic carbocycles. The van der Waals surface area contributed by atoms with Gasteiger partial charge in [0, 0.05) is 5.92 Å². The number of nitrogens with zero attached hydrogens (tertiary/aromatic N) is 1. The van der Waals surface area contributed by atoms with Gasteiger partial charge >= 0.3 is 0 Å². The first-order valence-corrected chi connectivity index (χ1v) is 4.49. The molecule has 0 bridgehead atoms. The molecule has 1 unspecified atom stereocenters. The lowest BCUT2D eigenvalue weighted by molar-refractivity contribution is 0.204. The van der Waals surface area contributed by atoms with Crippen LogP contribution in [0.3, 0.4) is 0 Å². The zero-order valence-corrected chi connectivity index (χ0v) is 8.79. The Morgan fingerprint density at radius 1 is 1.50 bits per heavy atom. The minimum Gasteiger partial charge on any atom is -0.391 e. The van der Waals surface area contributed by atoms with Gasteiger partial charge in [0.2, 0.25) is 0 Å². The van der Waals surface area contributed by atoms with Crippen molar-refractivity contribution in [3.8, 4) is 0 Å². The predicted octanol–water partition coefficient (Wildman–Crippen LogP) is 1.86. The van der Waals surface area contributed by atoms with E-state index < -0.39 is 0 Å². The molecule has 0 fully saturated rings. The summed E-state index contributed by atoms with van der Waals surface area (Å²) in [6, 6.07) is 0. The first-order chi connectivity index (χ1) is 4.54. The maximum absolute atomic E-state index is 8.87. The highest BCUT2D eigenvalue weighted by atomic mass is 127. The molecule has 1 N–H and O–H groups in total. The van der Waals surface area contributed by atoms with Crippen LogP contribution in [0.25, 0.3) is 0 Å². The van der Waals surface area contributed by atoms with Gasteiger partial charge in [0.1, 0.15) is 0 Å². The van der Waals surface area contributed by atoms with Crippen molar-refractivity contribution in [2.45, 2.75) is 26.9 Å². The maximum atomic E-state index is 8.87. The predicted molar refractivity (Wildman–Crippen MR) is 52.8 cm³/mol. The fraction of sp³-hybridized carbons (Fsp3) is 0.857. The van der Waals surface area contributed by atoms with Gasteiger partial charge in [0.25, 0.3) is 0 Å². The van der Waals surface area contributed by atoms with Gasteiger partial charge < -0.3 is 5.11 Å². The number of aliphatic hydroxyl groups excluding tert-OH is 1. The molecule has 60 valence electrons. The Morgan fingerprint density at radius 3 is 2.30 bits per heavy atom. The Balaban J connectivity index is 3.69. The molecule has 10 heavy (non-hydrogen) atoms. The van der Waals surface area contributed by atoms with Gasteiger partial charge in [-0.15, -0.1) is 0 Å². The minimum atomic E-state index is -0.316. The Morgan fingerprint density at radius 2 is 2.00 bits per heavy atom. The molecule has 2 nitrogen and oxygen atoms in total. The molecular weight excluding hydrogens is 241 g/mol. The second-order valence-electron chi connectivity index (χ2n) is 2.67. The van der Waals surface area contributed by atoms with E-state index in [0.29, 0.717) is 12.5 Å². The van der Waals surface area contributed by atoms with E-state index in [4.69, 9.17) is 5.11 Å². The summed E-state index contributed by atoms with van der Waals surface area (Å²) in [7, 11) is 0. The van der Waals surface area contributed by atoms with E-state index in [2.05, 4.69) is 41.4 Å². The molecule has 0 saturated carbocycles. The quantitative estimate of drug-likeness (QED) is 0.606. The molecule has 3 heteroatoms. The summed E-state index contributed by atoms with van der Waals surface area (Å²) in [6.45, 7) is 6.45. The lowest BCUT2D eigenvalue weighted by Crippen LogP contribution is -2.07. The molecule has 0 spiro atoms. The van der Waals surface area contributed by atoms with Crippen LogP contribution in [0.2, 0.25) is 0 Å². The molecule has 0 saturated heterocycles. The van der Waals surface area contributed by atoms with Crippen molar-refractivity contribution < 1.29 is 5.11 Å². The fourth-order valence-electron chi connectivity index (χ4n) is 0.402. The van der Waals surface area contributed by atoms with Crippen LogP contribution in [-0.4, -0.2) is 21.5 Å². The third-order valence-corrected chi connectivity index (χ3v) is 2.57. The number of halogens is 1. The highest BCUT2D eigenvalue weighted by Crippen LogP contribution is 2.04. The van der Waals surface area contributed by atoms with Gasteiger partial charge in [-0.05, 0) is 29.5 Å². The third-order valence-electron chi connectivity index (χ3n) is 0.983. The van der Waals surface area contributed by atoms with Gasteiger partial charge in [-0.2, -0.15) is 0 Å². The van der Waals surface area contributed by atoms with Crippen LogP contribution in [0.1, 0.15) is 20.8 Å². The number of aliphatic hydroxyl groups is 1. The maximum Gasteiger partial charge on any atom is 0.0755 e. The van der Waals surface area contributed by atoms with Crippen molar-refractivity contribution in [3.63, 3.8) is 0 Å². The molecule has 0 aliphatic heterocycles. The first-order valence-electron chi connectivity index (χ1n) is 3.42. The van der Waals surface area contributed by atoms with Gasteiger partial charge in [-0.25, -0.2) is 0 Å². The van der Waals surface area contributed by atoms with Crippen molar-refractivity contribution in [1.29, 1.82) is 0 Å². The van der Waals surface area contributed by atoms with Crippen molar-refractivity contribution in [2.75, 3.05) is 6.54 Å². The van der Waals surface area contributed by atoms with Crippen LogP contribution in [0.5, 0.6) is 0 Å². The van der Waals surface area contributed by atoms with Crippen LogP contribution < -0.4 is 0 Å². The fourth-order valence-corrected chi connectivity index (χ4v) is 0.599. The average molecular weight is 255 g/mol. The second-order valence-corrected chi connectivity index (χ2v) is 3.77. The minimum absolute atomic E-state index is 0.316. The zero-order chi connectivity index (χ0) is 8.15. The van der Waals surface area contributed by atoms with E-state index in [1.54, 1.807) is 6.92 Å². The monoisotopic (exact) mass is 255 g/mol. The number of rotatable bonds is 3. The van der Waals surface area contributed by atoms with Crippen molar-refractivity contribution in [3.05, 3.63) is 0 Å². The topological polar surface area (TPSA) is 32.6 Å². The molecule has 0 aromatic rings. The van der Waals surface area contributed by atoms with Crippen LogP contribution in [0.15, 0.2) is 4.99 Å². The van der Waals surface area contributed by atoms with E-state index >= 15 is 0 Å². The van der Waals surface area contributed by atoms with E-state index in [1.807, 2.05) is 0 Å². The van der Waals surface area contributed by atoms with E-state index in [9.17, 15) is 0 Å². The summed E-state index contributed by atoms with van der Waals surface area (Å²) < 4.78 is 1.08. The van der Waals surface area contributed by atoms with Crippen molar-refractivity contribution in [1.82, 2.24) is 0 Å². The standard InChI is InChI=1S/C7H14INO/c1-5(2)7(8)9-4-6(3)10/h5-6,10H,4H2,1-3H3. The van der Waals surface area contributed by atoms with Gasteiger partial charge in [0.05, 0.1) is 16.4 Å². The summed E-state index contributed by atoms with van der Waals surface area (Å²) in [5, 5.41) is 8.87. The molecule has 0 rings (SSSR count). The first kappa shape index (κ1) is 10.4. The third kappa shape index (κ3) is 5.17. The van der Waals surface area contributed by atoms with E-state index in [0.717, 1.165) is 3.72 Å². The van der Waals surface area contributed by atoms with Gasteiger partial charge in [0.15, 0.2) is 0 Å². The van der Waals surface area contributed by atoms with E-state index in [-0.39, 0.29) is 6.10 Å². The molecule has 0 radical (unpaired) electrons. The Kier molecular flexibility index (Phi) is 5.25. The van der Waals surface area contributed by atoms with E-state index in [1.165, 1.54) is 0 Å². The van der Waals surface area contributed by atoms with Crippen molar-refractivity contribution in [2.24, 2.45) is 10.9 Å². The molecule has 0 aromatic heterocycles. The van der Waals surface area contributed by atoms with Crippen LogP contribution in [0, 0.1) is 5.92 Å². The van der Waals surface area contributed by atoms with Crippen LogP contribution in [-0.2, 0) is 0 Å². The molecular formula is C7H14INO. The Bertz CT molecular complexity index is 121. The lowest BCUT2D eigenvalue weighted by atomic mass is 10.2. The second kappa shape index (κ2) is 5.07. The Hall–Kier alpha value is 0.360. The number of aliphatic imine (C=N–C) groups is 1. The number of hydrogen-bond acceptors (Lipinski definition) is 2. The summed E-state index contributed by atoms with van der Waals surface area (Å²) in [5.41, 5.74) is 0. The van der Waals surface area contributed by atoms with Gasteiger partial charge in [-0.3, -0.25) is 4.99 Å². The molecule has 0 heterocycles. The highest BCUT2D eigenvalue weighted by Gasteiger charge is 1.99. The highest BCUT2D eigenvalue weighted by molar-refractivity contribution is 14.1. The smallest absolute Gasteiger partial charge is 0.0755 e. The normalized spacial score (nSPS) is 16.0. The Labute approximate surface area is 75.9 Å². The zero-order valence-electron chi connectivity index (χ0n) is 6.63. The lowest BCUT2D eigenvalue weighted by Gasteiger charge is -2.03. The van der Waals surface area contributed by atoms with Crippen LogP contribution >= 0.6 is 22.6 Å². The summed E-state index contributed by atoms with van der Waals surface area (Å²) in [5.74, 6) is 0.486. The average Bonchev–Trinajstić information content (AvgIpc) is 1.82. The summed E-state index contributed by atoms with van der Waals surface area (Å²) in [4.78, 5) is 4.18. The molecule has 1 atom stereocenters. The molecule has 0 amide bonds. The van der Waals surface area contributed by atoms with Crippen LogP contribution in [0.4, 0.5) is 0 Å². The summed E-state index contributed by atoms with van der Waals surface area (Å²) in [6.07, 6.45) is -0.316. The molecule has 0 aromatic carbocycles. The summed E-state index contributed by atoms with van der Waals surface area (Å²) >= 11 is 2.20. The van der Waals surface area contributed by atoms with Crippen molar-refractivity contribution >= 4 is 26.3 Å². The molecule has 0 aliphatic rings. The number of hydrogen-bond donors (Lipinski definition) is 1. The largest absolute Gasteiger partial charge is 0.391 e.